The third kappa shape index (κ3) is 2.21. The summed E-state index contributed by atoms with van der Waals surface area (Å²) in [6.07, 6.45) is 1.97. The summed E-state index contributed by atoms with van der Waals surface area (Å²) in [5, 5.41) is 3.51. The predicted molar refractivity (Wildman–Crippen MR) is 65.2 cm³/mol. The lowest BCUT2D eigenvalue weighted by Crippen LogP contribution is -2.36. The Morgan fingerprint density at radius 3 is 3.13 bits per heavy atom. The van der Waals surface area contributed by atoms with Crippen LogP contribution in [0.15, 0.2) is 36.9 Å². The van der Waals surface area contributed by atoms with Crippen LogP contribution in [0.25, 0.3) is 0 Å². The van der Waals surface area contributed by atoms with Crippen molar-refractivity contribution in [1.29, 1.82) is 0 Å². The van der Waals surface area contributed by atoms with Gasteiger partial charge in [0.15, 0.2) is 0 Å². The fourth-order valence-electron chi connectivity index (χ4n) is 2.08. The number of benzene rings is 1. The van der Waals surface area contributed by atoms with Crippen molar-refractivity contribution in [3.63, 3.8) is 0 Å². The van der Waals surface area contributed by atoms with E-state index in [-0.39, 0.29) is 0 Å². The van der Waals surface area contributed by atoms with Gasteiger partial charge in [-0.1, -0.05) is 24.3 Å². The largest absolute Gasteiger partial charge is 0.366 e. The molecule has 80 valence electrons. The van der Waals surface area contributed by atoms with Crippen LogP contribution < -0.4 is 10.2 Å². The maximum absolute atomic E-state index is 3.82. The molecule has 0 amide bonds. The average molecular weight is 202 g/mol. The van der Waals surface area contributed by atoms with Crippen LogP contribution in [0.2, 0.25) is 0 Å². The molecule has 1 aromatic rings. The molecule has 0 aliphatic carbocycles. The highest BCUT2D eigenvalue weighted by molar-refractivity contribution is 5.55. The summed E-state index contributed by atoms with van der Waals surface area (Å²) in [6.45, 7) is 8.97. The van der Waals surface area contributed by atoms with Gasteiger partial charge in [-0.05, 0) is 18.6 Å². The molecule has 1 atom stereocenters. The van der Waals surface area contributed by atoms with Crippen molar-refractivity contribution in [3.05, 3.63) is 42.5 Å². The summed E-state index contributed by atoms with van der Waals surface area (Å²) in [5.74, 6) is 0. The number of para-hydroxylation sites is 1. The monoisotopic (exact) mass is 202 g/mol. The molecule has 2 rings (SSSR count). The van der Waals surface area contributed by atoms with E-state index in [9.17, 15) is 0 Å². The summed E-state index contributed by atoms with van der Waals surface area (Å²) >= 11 is 0. The topological polar surface area (TPSA) is 15.3 Å². The van der Waals surface area contributed by atoms with E-state index >= 15 is 0 Å². The second kappa shape index (κ2) is 4.49. The molecule has 1 aliphatic heterocycles. The molecule has 0 radical (unpaired) electrons. The molecular formula is C13H18N2. The standard InChI is InChI=1S/C13H18N2/c1-3-8-15-10-11(2)14-9-12-6-4-5-7-13(12)15/h3-7,11,14H,1,8-10H2,2H3. The van der Waals surface area contributed by atoms with Crippen molar-refractivity contribution in [2.24, 2.45) is 0 Å². The summed E-state index contributed by atoms with van der Waals surface area (Å²) in [4.78, 5) is 2.38. The van der Waals surface area contributed by atoms with Crippen LogP contribution in [0.1, 0.15) is 12.5 Å². The molecule has 0 fully saturated rings. The molecular weight excluding hydrogens is 184 g/mol. The molecule has 1 aliphatic rings. The number of anilines is 1. The van der Waals surface area contributed by atoms with Gasteiger partial charge in [-0.15, -0.1) is 6.58 Å². The van der Waals surface area contributed by atoms with E-state index in [1.807, 2.05) is 6.08 Å². The Morgan fingerprint density at radius 1 is 1.53 bits per heavy atom. The SMILES string of the molecule is C=CCN1CC(C)NCc2ccccc21. The van der Waals surface area contributed by atoms with Gasteiger partial charge in [0, 0.05) is 31.4 Å². The van der Waals surface area contributed by atoms with Crippen LogP contribution >= 0.6 is 0 Å². The third-order valence-corrected chi connectivity index (χ3v) is 2.82. The Kier molecular flexibility index (Phi) is 3.07. The normalized spacial score (nSPS) is 20.6. The Morgan fingerprint density at radius 2 is 2.33 bits per heavy atom. The number of hydrogen-bond donors (Lipinski definition) is 1. The number of nitrogens with zero attached hydrogens (tertiary/aromatic N) is 1. The first-order chi connectivity index (χ1) is 7.31. The summed E-state index contributed by atoms with van der Waals surface area (Å²) in [7, 11) is 0. The average Bonchev–Trinajstić information content (AvgIpc) is 2.40. The fourth-order valence-corrected chi connectivity index (χ4v) is 2.08. The van der Waals surface area contributed by atoms with E-state index in [1.54, 1.807) is 0 Å². The molecule has 2 heteroatoms. The molecule has 0 saturated heterocycles. The van der Waals surface area contributed by atoms with Crippen molar-refractivity contribution in [2.75, 3.05) is 18.0 Å². The number of hydrogen-bond acceptors (Lipinski definition) is 2. The van der Waals surface area contributed by atoms with E-state index in [1.165, 1.54) is 11.3 Å². The Hall–Kier alpha value is -1.28. The maximum Gasteiger partial charge on any atom is 0.0415 e. The highest BCUT2D eigenvalue weighted by atomic mass is 15.2. The van der Waals surface area contributed by atoms with Crippen LogP contribution in [-0.4, -0.2) is 19.1 Å². The van der Waals surface area contributed by atoms with Crippen molar-refractivity contribution in [1.82, 2.24) is 5.32 Å². The molecule has 0 bridgehead atoms. The van der Waals surface area contributed by atoms with Crippen molar-refractivity contribution in [3.8, 4) is 0 Å². The minimum Gasteiger partial charge on any atom is -0.366 e. The highest BCUT2D eigenvalue weighted by Crippen LogP contribution is 2.22. The first kappa shape index (κ1) is 10.2. The summed E-state index contributed by atoms with van der Waals surface area (Å²) in [6, 6.07) is 9.11. The lowest BCUT2D eigenvalue weighted by molar-refractivity contribution is 0.559. The zero-order valence-electron chi connectivity index (χ0n) is 9.24. The molecule has 0 saturated carbocycles. The Labute approximate surface area is 91.6 Å². The summed E-state index contributed by atoms with van der Waals surface area (Å²) in [5.41, 5.74) is 2.72. The fraction of sp³-hybridized carbons (Fsp3) is 0.385. The Bertz CT molecular complexity index is 346. The van der Waals surface area contributed by atoms with E-state index in [4.69, 9.17) is 0 Å². The van der Waals surface area contributed by atoms with Crippen molar-refractivity contribution >= 4 is 5.69 Å². The number of rotatable bonds is 2. The minimum absolute atomic E-state index is 0.525. The predicted octanol–water partition coefficient (Wildman–Crippen LogP) is 2.17. The van der Waals surface area contributed by atoms with Gasteiger partial charge in [0.05, 0.1) is 0 Å². The van der Waals surface area contributed by atoms with Crippen LogP contribution in [-0.2, 0) is 6.54 Å². The molecule has 1 heterocycles. The smallest absolute Gasteiger partial charge is 0.0415 e. The van der Waals surface area contributed by atoms with Gasteiger partial charge >= 0.3 is 0 Å². The molecule has 2 nitrogen and oxygen atoms in total. The Balaban J connectivity index is 2.32. The second-order valence-electron chi connectivity index (χ2n) is 4.10. The van der Waals surface area contributed by atoms with Gasteiger partial charge in [0.1, 0.15) is 0 Å². The molecule has 0 spiro atoms. The maximum atomic E-state index is 3.82. The molecule has 0 aromatic heterocycles. The highest BCUT2D eigenvalue weighted by Gasteiger charge is 2.16. The van der Waals surface area contributed by atoms with E-state index in [2.05, 4.69) is 48.0 Å². The molecule has 1 aromatic carbocycles. The van der Waals surface area contributed by atoms with Gasteiger partial charge in [-0.25, -0.2) is 0 Å². The van der Waals surface area contributed by atoms with Gasteiger partial charge in [-0.3, -0.25) is 0 Å². The van der Waals surface area contributed by atoms with Gasteiger partial charge in [0.2, 0.25) is 0 Å². The number of nitrogens with one attached hydrogen (secondary N) is 1. The van der Waals surface area contributed by atoms with Crippen molar-refractivity contribution < 1.29 is 0 Å². The van der Waals surface area contributed by atoms with Crippen LogP contribution in [0.3, 0.4) is 0 Å². The zero-order chi connectivity index (χ0) is 10.7. The molecule has 1 unspecified atom stereocenters. The first-order valence-corrected chi connectivity index (χ1v) is 5.48. The van der Waals surface area contributed by atoms with Gasteiger partial charge in [-0.2, -0.15) is 0 Å². The number of fused-ring (bicyclic) bond motifs is 1. The van der Waals surface area contributed by atoms with Crippen LogP contribution in [0.5, 0.6) is 0 Å². The van der Waals surface area contributed by atoms with Crippen LogP contribution in [0.4, 0.5) is 5.69 Å². The molecule has 1 N–H and O–H groups in total. The first-order valence-electron chi connectivity index (χ1n) is 5.48. The van der Waals surface area contributed by atoms with Gasteiger partial charge < -0.3 is 10.2 Å². The minimum atomic E-state index is 0.525. The zero-order valence-corrected chi connectivity index (χ0v) is 9.24. The molecule has 15 heavy (non-hydrogen) atoms. The third-order valence-electron chi connectivity index (χ3n) is 2.82. The van der Waals surface area contributed by atoms with Gasteiger partial charge in [0.25, 0.3) is 0 Å². The van der Waals surface area contributed by atoms with Crippen LogP contribution in [0, 0.1) is 0 Å². The van der Waals surface area contributed by atoms with Crippen molar-refractivity contribution in [2.45, 2.75) is 19.5 Å². The second-order valence-corrected chi connectivity index (χ2v) is 4.10. The summed E-state index contributed by atoms with van der Waals surface area (Å²) < 4.78 is 0. The van der Waals surface area contributed by atoms with E-state index < -0.39 is 0 Å². The lowest BCUT2D eigenvalue weighted by Gasteiger charge is -2.24. The van der Waals surface area contributed by atoms with E-state index in [0.717, 1.165) is 19.6 Å². The quantitative estimate of drug-likeness (QED) is 0.739. The lowest BCUT2D eigenvalue weighted by atomic mass is 10.1. The van der Waals surface area contributed by atoms with E-state index in [0.29, 0.717) is 6.04 Å².